The van der Waals surface area contributed by atoms with E-state index in [1.54, 1.807) is 49.3 Å². The van der Waals surface area contributed by atoms with Crippen molar-refractivity contribution in [1.29, 1.82) is 0 Å². The minimum Gasteiger partial charge on any atom is -0.497 e. The van der Waals surface area contributed by atoms with Crippen LogP contribution in [0.25, 0.3) is 0 Å². The molecule has 0 saturated heterocycles. The van der Waals surface area contributed by atoms with Crippen LogP contribution in [0.5, 0.6) is 5.75 Å². The van der Waals surface area contributed by atoms with Crippen LogP contribution in [0.1, 0.15) is 24.4 Å². The summed E-state index contributed by atoms with van der Waals surface area (Å²) in [6.07, 6.45) is 3.37. The summed E-state index contributed by atoms with van der Waals surface area (Å²) in [5.74, 6) is 0.653. The Hall–Kier alpha value is -2.59. The minimum absolute atomic E-state index is 0.0968. The molecule has 0 bridgehead atoms. The molecular weight excluding hydrogens is 475 g/mol. The van der Waals surface area contributed by atoms with Gasteiger partial charge in [-0.15, -0.1) is 0 Å². The molecule has 32 heavy (non-hydrogen) atoms. The lowest BCUT2D eigenvalue weighted by Crippen LogP contribution is -2.46. The van der Waals surface area contributed by atoms with Crippen molar-refractivity contribution >= 4 is 39.1 Å². The fourth-order valence-electron chi connectivity index (χ4n) is 3.04. The molecule has 1 aromatic heterocycles. The number of hydrogen-bond donors (Lipinski definition) is 2. The van der Waals surface area contributed by atoms with E-state index in [2.05, 4.69) is 15.0 Å². The standard InChI is InChI=1S/C21H22Cl2N4O4S/c1-13(26-32(29,30)16-7-8-17(22)18(23)12-16)21(28)25-19(20-24-9-10-27(20)2)14-5-4-6-15(11-14)31-3/h4-13,19,26H,1-3H3,(H,25,28)/t13-,19+/m1/s1. The van der Waals surface area contributed by atoms with E-state index in [-0.39, 0.29) is 14.9 Å². The molecule has 1 heterocycles. The quantitative estimate of drug-likeness (QED) is 0.497. The molecular formula is C21H22Cl2N4O4S. The van der Waals surface area contributed by atoms with Gasteiger partial charge in [-0.1, -0.05) is 35.3 Å². The Labute approximate surface area is 196 Å². The van der Waals surface area contributed by atoms with Crippen LogP contribution in [0.15, 0.2) is 59.8 Å². The molecule has 0 saturated carbocycles. The lowest BCUT2D eigenvalue weighted by atomic mass is 10.1. The van der Waals surface area contributed by atoms with Gasteiger partial charge in [-0.3, -0.25) is 4.79 Å². The van der Waals surface area contributed by atoms with Crippen LogP contribution in [0.2, 0.25) is 10.0 Å². The average molecular weight is 497 g/mol. The van der Waals surface area contributed by atoms with Crippen molar-refractivity contribution in [3.63, 3.8) is 0 Å². The van der Waals surface area contributed by atoms with Gasteiger partial charge in [0.15, 0.2) is 0 Å². The monoisotopic (exact) mass is 496 g/mol. The van der Waals surface area contributed by atoms with E-state index < -0.39 is 28.0 Å². The second-order valence-electron chi connectivity index (χ2n) is 7.03. The highest BCUT2D eigenvalue weighted by molar-refractivity contribution is 7.89. The maximum atomic E-state index is 13.0. The predicted octanol–water partition coefficient (Wildman–Crippen LogP) is 3.31. The minimum atomic E-state index is -4.01. The molecule has 8 nitrogen and oxygen atoms in total. The summed E-state index contributed by atoms with van der Waals surface area (Å²) < 4.78 is 34.8. The number of aryl methyl sites for hydroxylation is 1. The number of nitrogens with one attached hydrogen (secondary N) is 2. The first kappa shape index (κ1) is 24.1. The van der Waals surface area contributed by atoms with Gasteiger partial charge in [0.1, 0.15) is 17.6 Å². The fraction of sp³-hybridized carbons (Fsp3) is 0.238. The van der Waals surface area contributed by atoms with Gasteiger partial charge in [0.05, 0.1) is 28.1 Å². The number of aromatic nitrogens is 2. The van der Waals surface area contributed by atoms with Crippen molar-refractivity contribution in [3.8, 4) is 5.75 Å². The molecule has 3 rings (SSSR count). The third-order valence-electron chi connectivity index (χ3n) is 4.76. The molecule has 0 unspecified atom stereocenters. The average Bonchev–Trinajstić information content (AvgIpc) is 3.18. The van der Waals surface area contributed by atoms with E-state index in [1.807, 2.05) is 6.07 Å². The number of carbonyl (C=O) groups excluding carboxylic acids is 1. The molecule has 2 N–H and O–H groups in total. The number of nitrogens with zero attached hydrogens (tertiary/aromatic N) is 2. The number of carbonyl (C=O) groups is 1. The van der Waals surface area contributed by atoms with Gasteiger partial charge in [0, 0.05) is 19.4 Å². The number of ether oxygens (including phenoxy) is 1. The highest BCUT2D eigenvalue weighted by Gasteiger charge is 2.27. The normalized spacial score (nSPS) is 13.4. The summed E-state index contributed by atoms with van der Waals surface area (Å²) >= 11 is 11.8. The maximum Gasteiger partial charge on any atom is 0.241 e. The van der Waals surface area contributed by atoms with Gasteiger partial charge in [-0.2, -0.15) is 4.72 Å². The fourth-order valence-corrected chi connectivity index (χ4v) is 4.63. The number of rotatable bonds is 8. The number of halogens is 2. The largest absolute Gasteiger partial charge is 0.497 e. The number of imidazole rings is 1. The topological polar surface area (TPSA) is 102 Å². The Bertz CT molecular complexity index is 1230. The van der Waals surface area contributed by atoms with Crippen molar-refractivity contribution in [2.24, 2.45) is 7.05 Å². The Morgan fingerprint density at radius 1 is 1.16 bits per heavy atom. The van der Waals surface area contributed by atoms with Crippen molar-refractivity contribution in [2.75, 3.05) is 7.11 Å². The van der Waals surface area contributed by atoms with Crippen LogP contribution >= 0.6 is 23.2 Å². The number of benzene rings is 2. The first-order chi connectivity index (χ1) is 15.1. The molecule has 0 aliphatic rings. The van der Waals surface area contributed by atoms with Crippen LogP contribution in [-0.2, 0) is 21.9 Å². The summed E-state index contributed by atoms with van der Waals surface area (Å²) in [6, 6.07) is 9.40. The zero-order chi connectivity index (χ0) is 23.5. The van der Waals surface area contributed by atoms with E-state index in [0.29, 0.717) is 11.6 Å². The summed E-state index contributed by atoms with van der Waals surface area (Å²) in [5, 5.41) is 3.20. The first-order valence-electron chi connectivity index (χ1n) is 9.51. The molecule has 1 amide bonds. The third-order valence-corrected chi connectivity index (χ3v) is 7.03. The molecule has 0 radical (unpaired) electrons. The Morgan fingerprint density at radius 2 is 1.91 bits per heavy atom. The zero-order valence-corrected chi connectivity index (χ0v) is 19.9. The Balaban J connectivity index is 1.84. The molecule has 2 atom stereocenters. The van der Waals surface area contributed by atoms with Crippen LogP contribution < -0.4 is 14.8 Å². The lowest BCUT2D eigenvalue weighted by Gasteiger charge is -2.22. The van der Waals surface area contributed by atoms with Gasteiger partial charge in [-0.25, -0.2) is 13.4 Å². The van der Waals surface area contributed by atoms with Crippen molar-refractivity contribution in [2.45, 2.75) is 23.9 Å². The van der Waals surface area contributed by atoms with E-state index in [0.717, 1.165) is 5.56 Å². The van der Waals surface area contributed by atoms with E-state index in [1.165, 1.54) is 25.1 Å². The third kappa shape index (κ3) is 5.42. The van der Waals surface area contributed by atoms with Crippen LogP contribution in [0.4, 0.5) is 0 Å². The van der Waals surface area contributed by atoms with Gasteiger partial charge >= 0.3 is 0 Å². The summed E-state index contributed by atoms with van der Waals surface area (Å²) in [6.45, 7) is 1.45. The highest BCUT2D eigenvalue weighted by Crippen LogP contribution is 2.26. The predicted molar refractivity (Wildman–Crippen MR) is 122 cm³/mol. The molecule has 0 spiro atoms. The second-order valence-corrected chi connectivity index (χ2v) is 9.56. The number of sulfonamides is 1. The number of hydrogen-bond acceptors (Lipinski definition) is 5. The Morgan fingerprint density at radius 3 is 2.53 bits per heavy atom. The Kier molecular flexibility index (Phi) is 7.45. The van der Waals surface area contributed by atoms with E-state index in [9.17, 15) is 13.2 Å². The second kappa shape index (κ2) is 9.91. The zero-order valence-electron chi connectivity index (χ0n) is 17.5. The number of amides is 1. The SMILES string of the molecule is COc1cccc([C@H](NC(=O)[C@@H](C)NS(=O)(=O)c2ccc(Cl)c(Cl)c2)c2nccn2C)c1. The van der Waals surface area contributed by atoms with Crippen LogP contribution in [0.3, 0.4) is 0 Å². The molecule has 0 aliphatic heterocycles. The number of methoxy groups -OCH3 is 1. The molecule has 2 aromatic carbocycles. The first-order valence-corrected chi connectivity index (χ1v) is 11.7. The van der Waals surface area contributed by atoms with Crippen LogP contribution in [-0.4, -0.2) is 37.0 Å². The van der Waals surface area contributed by atoms with E-state index in [4.69, 9.17) is 27.9 Å². The maximum absolute atomic E-state index is 13.0. The van der Waals surface area contributed by atoms with Gasteiger partial charge in [0.25, 0.3) is 0 Å². The van der Waals surface area contributed by atoms with Gasteiger partial charge < -0.3 is 14.6 Å². The molecule has 0 aliphatic carbocycles. The lowest BCUT2D eigenvalue weighted by molar-refractivity contribution is -0.122. The molecule has 3 aromatic rings. The highest BCUT2D eigenvalue weighted by atomic mass is 35.5. The summed E-state index contributed by atoms with van der Waals surface area (Å²) in [4.78, 5) is 17.2. The molecule has 11 heteroatoms. The van der Waals surface area contributed by atoms with Crippen molar-refractivity contribution in [1.82, 2.24) is 19.6 Å². The summed E-state index contributed by atoms with van der Waals surface area (Å²) in [7, 11) is -0.659. The van der Waals surface area contributed by atoms with Crippen molar-refractivity contribution < 1.29 is 17.9 Å². The van der Waals surface area contributed by atoms with E-state index >= 15 is 0 Å². The van der Waals surface area contributed by atoms with Gasteiger partial charge in [-0.05, 0) is 42.8 Å². The van der Waals surface area contributed by atoms with Gasteiger partial charge in [0.2, 0.25) is 15.9 Å². The summed E-state index contributed by atoms with van der Waals surface area (Å²) in [5.41, 5.74) is 0.728. The smallest absolute Gasteiger partial charge is 0.241 e. The molecule has 0 fully saturated rings. The molecule has 170 valence electrons. The van der Waals surface area contributed by atoms with Crippen molar-refractivity contribution in [3.05, 3.63) is 76.3 Å². The van der Waals surface area contributed by atoms with Crippen LogP contribution in [0, 0.1) is 0 Å².